The molecule has 1 aromatic rings. The average molecular weight is 325 g/mol. The quantitative estimate of drug-likeness (QED) is 0.213. The van der Waals surface area contributed by atoms with Crippen LogP contribution in [0, 0.1) is 5.92 Å². The third kappa shape index (κ3) is 7.90. The van der Waals surface area contributed by atoms with Crippen molar-refractivity contribution in [3.8, 4) is 0 Å². The Morgan fingerprint density at radius 1 is 1.41 bits per heavy atom. The van der Waals surface area contributed by atoms with Gasteiger partial charge in [-0.25, -0.2) is 9.10 Å². The largest absolute Gasteiger partial charge is 0.465 e. The van der Waals surface area contributed by atoms with Crippen molar-refractivity contribution in [2.75, 3.05) is 19.6 Å². The molecule has 0 bridgehead atoms. The van der Waals surface area contributed by atoms with E-state index in [0.717, 1.165) is 30.0 Å². The highest BCUT2D eigenvalue weighted by molar-refractivity contribution is 7.97. The van der Waals surface area contributed by atoms with E-state index in [1.807, 2.05) is 24.3 Å². The van der Waals surface area contributed by atoms with Crippen molar-refractivity contribution in [1.82, 2.24) is 9.62 Å². The molecule has 0 aliphatic rings. The second-order valence-corrected chi connectivity index (χ2v) is 6.44. The minimum atomic E-state index is -0.982. The molecule has 0 heterocycles. The first-order valence-electron chi connectivity index (χ1n) is 7.18. The summed E-state index contributed by atoms with van der Waals surface area (Å²) in [5.74, 6) is 0.528. The van der Waals surface area contributed by atoms with E-state index in [9.17, 15) is 4.79 Å². The van der Waals surface area contributed by atoms with Crippen LogP contribution in [0.5, 0.6) is 0 Å². The molecular formula is C15H23N3O3S. The first kappa shape index (κ1) is 18.3. The van der Waals surface area contributed by atoms with Gasteiger partial charge in [0.2, 0.25) is 0 Å². The van der Waals surface area contributed by atoms with Gasteiger partial charge in [0.05, 0.1) is 6.21 Å². The van der Waals surface area contributed by atoms with Crippen LogP contribution >= 0.6 is 11.9 Å². The van der Waals surface area contributed by atoms with Crippen molar-refractivity contribution in [3.63, 3.8) is 0 Å². The Morgan fingerprint density at radius 3 is 2.64 bits per heavy atom. The Kier molecular flexibility index (Phi) is 8.39. The van der Waals surface area contributed by atoms with Crippen LogP contribution < -0.4 is 5.32 Å². The molecule has 0 fully saturated rings. The van der Waals surface area contributed by atoms with E-state index in [-0.39, 0.29) is 0 Å². The van der Waals surface area contributed by atoms with Gasteiger partial charge in [0.15, 0.2) is 0 Å². The third-order valence-electron chi connectivity index (χ3n) is 2.75. The Morgan fingerprint density at radius 2 is 2.09 bits per heavy atom. The molecule has 1 rings (SSSR count). The summed E-state index contributed by atoms with van der Waals surface area (Å²) in [4.78, 5) is 11.5. The second-order valence-electron chi connectivity index (χ2n) is 5.27. The van der Waals surface area contributed by atoms with Gasteiger partial charge in [-0.05, 0) is 42.0 Å². The van der Waals surface area contributed by atoms with Crippen LogP contribution in [-0.2, 0) is 0 Å². The highest BCUT2D eigenvalue weighted by atomic mass is 32.2. The number of nitrogens with one attached hydrogen (secondary N) is 1. The van der Waals surface area contributed by atoms with Crippen molar-refractivity contribution >= 4 is 24.3 Å². The summed E-state index contributed by atoms with van der Waals surface area (Å²) >= 11 is 1.65. The van der Waals surface area contributed by atoms with Gasteiger partial charge >= 0.3 is 6.09 Å². The number of carbonyl (C=O) groups is 1. The van der Waals surface area contributed by atoms with Crippen LogP contribution in [0.25, 0.3) is 0 Å². The zero-order valence-electron chi connectivity index (χ0n) is 12.9. The Hall–Kier alpha value is -1.73. The van der Waals surface area contributed by atoms with E-state index < -0.39 is 6.09 Å². The molecule has 1 aromatic carbocycles. The maximum Gasteiger partial charge on any atom is 0.404 e. The van der Waals surface area contributed by atoms with Gasteiger partial charge in [-0.15, -0.1) is 0 Å². The smallest absolute Gasteiger partial charge is 0.404 e. The van der Waals surface area contributed by atoms with E-state index in [2.05, 4.69) is 28.6 Å². The predicted molar refractivity (Wildman–Crippen MR) is 88.7 cm³/mol. The van der Waals surface area contributed by atoms with Gasteiger partial charge in [-0.3, -0.25) is 0 Å². The van der Waals surface area contributed by atoms with Gasteiger partial charge in [0, 0.05) is 24.5 Å². The standard InChI is InChI=1S/C15H23N3O3S/c1-12(2)11-18(9-3-8-16-15(19)20)22-14-6-4-13(5-7-14)10-17-21/h4-7,10,12,16,21H,3,8-9,11H2,1-2H3,(H,19,20)/b17-10+. The minimum absolute atomic E-state index is 0.455. The van der Waals surface area contributed by atoms with E-state index >= 15 is 0 Å². The molecule has 1 amide bonds. The Balaban J connectivity index is 2.53. The van der Waals surface area contributed by atoms with Crippen molar-refractivity contribution in [1.29, 1.82) is 0 Å². The molecule has 0 unspecified atom stereocenters. The van der Waals surface area contributed by atoms with Crippen molar-refractivity contribution in [2.24, 2.45) is 11.1 Å². The zero-order valence-corrected chi connectivity index (χ0v) is 13.7. The lowest BCUT2D eigenvalue weighted by atomic mass is 10.2. The van der Waals surface area contributed by atoms with Gasteiger partial charge in [0.1, 0.15) is 0 Å². The summed E-state index contributed by atoms with van der Waals surface area (Å²) in [6, 6.07) is 7.73. The van der Waals surface area contributed by atoms with Crippen LogP contribution in [0.15, 0.2) is 34.3 Å². The molecule has 0 aliphatic carbocycles. The van der Waals surface area contributed by atoms with Crippen molar-refractivity contribution in [3.05, 3.63) is 29.8 Å². The summed E-state index contributed by atoms with van der Waals surface area (Å²) in [6.45, 7) is 6.50. The fourth-order valence-corrected chi connectivity index (χ4v) is 3.01. The van der Waals surface area contributed by atoms with Crippen LogP contribution in [0.3, 0.4) is 0 Å². The number of benzene rings is 1. The lowest BCUT2D eigenvalue weighted by molar-refractivity contribution is 0.194. The maximum atomic E-state index is 10.4. The van der Waals surface area contributed by atoms with E-state index in [0.29, 0.717) is 12.5 Å². The highest BCUT2D eigenvalue weighted by Gasteiger charge is 2.09. The average Bonchev–Trinajstić information content (AvgIpc) is 2.45. The number of amides is 1. The summed E-state index contributed by atoms with van der Waals surface area (Å²) in [5, 5.41) is 22.5. The van der Waals surface area contributed by atoms with Gasteiger partial charge in [-0.1, -0.05) is 31.1 Å². The lowest BCUT2D eigenvalue weighted by Crippen LogP contribution is -2.27. The molecule has 22 heavy (non-hydrogen) atoms. The first-order chi connectivity index (χ1) is 10.5. The zero-order chi connectivity index (χ0) is 16.4. The number of hydrogen-bond acceptors (Lipinski definition) is 5. The van der Waals surface area contributed by atoms with Crippen LogP contribution in [-0.4, -0.2) is 46.6 Å². The second kappa shape index (κ2) is 10.1. The molecule has 0 saturated carbocycles. The number of oxime groups is 1. The topological polar surface area (TPSA) is 85.2 Å². The molecule has 122 valence electrons. The molecule has 7 heteroatoms. The minimum Gasteiger partial charge on any atom is -0.465 e. The molecule has 0 radical (unpaired) electrons. The lowest BCUT2D eigenvalue weighted by Gasteiger charge is -2.23. The van der Waals surface area contributed by atoms with Gasteiger partial charge in [-0.2, -0.15) is 0 Å². The van der Waals surface area contributed by atoms with E-state index in [4.69, 9.17) is 10.3 Å². The number of carboxylic acid groups (broad SMARTS) is 1. The first-order valence-corrected chi connectivity index (χ1v) is 7.96. The van der Waals surface area contributed by atoms with E-state index in [1.54, 1.807) is 11.9 Å². The third-order valence-corrected chi connectivity index (χ3v) is 3.82. The van der Waals surface area contributed by atoms with Crippen LogP contribution in [0.1, 0.15) is 25.8 Å². The monoisotopic (exact) mass is 325 g/mol. The van der Waals surface area contributed by atoms with Crippen LogP contribution in [0.4, 0.5) is 4.79 Å². The molecule has 0 aliphatic heterocycles. The van der Waals surface area contributed by atoms with Crippen molar-refractivity contribution < 1.29 is 15.1 Å². The number of hydrogen-bond donors (Lipinski definition) is 3. The van der Waals surface area contributed by atoms with Gasteiger partial charge < -0.3 is 15.6 Å². The van der Waals surface area contributed by atoms with E-state index in [1.165, 1.54) is 6.21 Å². The molecule has 0 spiro atoms. The molecule has 0 saturated heterocycles. The summed E-state index contributed by atoms with van der Waals surface area (Å²) in [7, 11) is 0. The summed E-state index contributed by atoms with van der Waals surface area (Å²) in [5.41, 5.74) is 0.841. The predicted octanol–water partition coefficient (Wildman–Crippen LogP) is 3.12. The summed E-state index contributed by atoms with van der Waals surface area (Å²) < 4.78 is 2.24. The number of rotatable bonds is 9. The molecule has 6 nitrogen and oxygen atoms in total. The fourth-order valence-electron chi connectivity index (χ4n) is 1.86. The molecule has 0 atom stereocenters. The van der Waals surface area contributed by atoms with Crippen molar-refractivity contribution in [2.45, 2.75) is 25.2 Å². The highest BCUT2D eigenvalue weighted by Crippen LogP contribution is 2.24. The van der Waals surface area contributed by atoms with Gasteiger partial charge in [0.25, 0.3) is 0 Å². The molecule has 3 N–H and O–H groups in total. The normalized spacial score (nSPS) is 11.5. The fraction of sp³-hybridized carbons (Fsp3) is 0.467. The SMILES string of the molecule is CC(C)CN(CCCNC(=O)O)Sc1ccc(/C=N/O)cc1. The maximum absolute atomic E-state index is 10.4. The molecular weight excluding hydrogens is 302 g/mol. The number of nitrogens with zero attached hydrogens (tertiary/aromatic N) is 2. The Bertz CT molecular complexity index is 477. The Labute approximate surface area is 135 Å². The van der Waals surface area contributed by atoms with Crippen LogP contribution in [0.2, 0.25) is 0 Å². The molecule has 0 aromatic heterocycles. The summed E-state index contributed by atoms with van der Waals surface area (Å²) in [6.07, 6.45) is 1.17.